The minimum atomic E-state index is -3.18. The summed E-state index contributed by atoms with van der Waals surface area (Å²) in [6.45, 7) is 1.71. The summed E-state index contributed by atoms with van der Waals surface area (Å²) in [5.41, 5.74) is 0.888. The number of aryl methyl sites for hydroxylation is 1. The van der Waals surface area contributed by atoms with Crippen molar-refractivity contribution < 1.29 is 13.2 Å². The second-order valence-corrected chi connectivity index (χ2v) is 6.73. The Labute approximate surface area is 117 Å². The Kier molecular flexibility index (Phi) is 3.76. The summed E-state index contributed by atoms with van der Waals surface area (Å²) in [6, 6.07) is -0.500. The first-order valence-electron chi connectivity index (χ1n) is 6.01. The first-order valence-corrected chi connectivity index (χ1v) is 7.73. The van der Waals surface area contributed by atoms with Crippen LogP contribution in [0.4, 0.5) is 5.95 Å². The molecule has 1 N–H and O–H groups in total. The highest BCUT2D eigenvalue weighted by molar-refractivity contribution is 7.94. The largest absolute Gasteiger partial charge is 0.347 e. The van der Waals surface area contributed by atoms with Gasteiger partial charge in [-0.15, -0.1) is 0 Å². The molecule has 7 nitrogen and oxygen atoms in total. The van der Waals surface area contributed by atoms with Gasteiger partial charge in [-0.25, -0.2) is 18.4 Å². The number of hydrogen-bond donors (Lipinski definition) is 1. The standard InChI is InChI=1S/C12H16N4O3S/c1-8-10(6-13-12(14-8)16(2)3)11(17)15-9-4-5-20(18,19)7-9/h4-6,9H,7H2,1-3H3,(H,15,17)/t9-/m0/s1. The van der Waals surface area contributed by atoms with Crippen LogP contribution in [0.25, 0.3) is 0 Å². The van der Waals surface area contributed by atoms with Crippen LogP contribution in [0.5, 0.6) is 0 Å². The molecule has 20 heavy (non-hydrogen) atoms. The summed E-state index contributed by atoms with van der Waals surface area (Å²) in [7, 11) is 0.432. The second-order valence-electron chi connectivity index (χ2n) is 4.80. The molecular formula is C12H16N4O3S. The molecule has 1 aromatic rings. The van der Waals surface area contributed by atoms with Gasteiger partial charge in [-0.1, -0.05) is 0 Å². The Morgan fingerprint density at radius 1 is 1.45 bits per heavy atom. The quantitative estimate of drug-likeness (QED) is 0.837. The van der Waals surface area contributed by atoms with Crippen molar-refractivity contribution in [1.29, 1.82) is 0 Å². The normalized spacial score (nSPS) is 19.9. The second kappa shape index (κ2) is 5.20. The van der Waals surface area contributed by atoms with E-state index in [1.54, 1.807) is 11.8 Å². The number of anilines is 1. The van der Waals surface area contributed by atoms with Gasteiger partial charge in [-0.3, -0.25) is 4.79 Å². The zero-order valence-corrected chi connectivity index (χ0v) is 12.3. The molecule has 1 aliphatic heterocycles. The Balaban J connectivity index is 2.13. The number of sulfone groups is 1. The van der Waals surface area contributed by atoms with Crippen molar-refractivity contribution in [3.8, 4) is 0 Å². The van der Waals surface area contributed by atoms with Crippen LogP contribution in [0.1, 0.15) is 16.1 Å². The Bertz CT molecular complexity index is 667. The van der Waals surface area contributed by atoms with Crippen molar-refractivity contribution in [1.82, 2.24) is 15.3 Å². The average molecular weight is 296 g/mol. The van der Waals surface area contributed by atoms with E-state index in [-0.39, 0.29) is 11.7 Å². The third-order valence-corrected chi connectivity index (χ3v) is 4.25. The monoisotopic (exact) mass is 296 g/mol. The smallest absolute Gasteiger partial charge is 0.255 e. The number of aromatic nitrogens is 2. The van der Waals surface area contributed by atoms with Crippen LogP contribution >= 0.6 is 0 Å². The summed E-state index contributed by atoms with van der Waals surface area (Å²) in [6.07, 6.45) is 2.91. The van der Waals surface area contributed by atoms with Gasteiger partial charge < -0.3 is 10.2 Å². The number of amides is 1. The van der Waals surface area contributed by atoms with E-state index < -0.39 is 15.9 Å². The maximum atomic E-state index is 12.1. The molecule has 0 bridgehead atoms. The minimum absolute atomic E-state index is 0.103. The van der Waals surface area contributed by atoms with Crippen LogP contribution in [0, 0.1) is 6.92 Å². The number of nitrogens with zero attached hydrogens (tertiary/aromatic N) is 3. The molecule has 0 radical (unpaired) electrons. The predicted molar refractivity (Wildman–Crippen MR) is 75.3 cm³/mol. The first kappa shape index (κ1) is 14.4. The zero-order chi connectivity index (χ0) is 14.9. The molecule has 2 rings (SSSR count). The van der Waals surface area contributed by atoms with E-state index in [1.807, 2.05) is 14.1 Å². The molecule has 8 heteroatoms. The minimum Gasteiger partial charge on any atom is -0.347 e. The maximum absolute atomic E-state index is 12.1. The maximum Gasteiger partial charge on any atom is 0.255 e. The summed E-state index contributed by atoms with van der Waals surface area (Å²) in [5, 5.41) is 3.76. The van der Waals surface area contributed by atoms with Crippen LogP contribution in [-0.4, -0.2) is 50.2 Å². The number of nitrogens with one attached hydrogen (secondary N) is 1. The summed E-state index contributed by atoms with van der Waals surface area (Å²) < 4.78 is 22.6. The van der Waals surface area contributed by atoms with E-state index in [1.165, 1.54) is 12.3 Å². The molecule has 108 valence electrons. The van der Waals surface area contributed by atoms with E-state index in [0.717, 1.165) is 5.41 Å². The Morgan fingerprint density at radius 2 is 2.15 bits per heavy atom. The molecule has 0 saturated carbocycles. The lowest BCUT2D eigenvalue weighted by atomic mass is 10.2. The van der Waals surface area contributed by atoms with Gasteiger partial charge in [-0.05, 0) is 13.0 Å². The van der Waals surface area contributed by atoms with Gasteiger partial charge in [0.2, 0.25) is 5.95 Å². The molecule has 0 aliphatic carbocycles. The number of carbonyl (C=O) groups excluding carboxylic acids is 1. The topological polar surface area (TPSA) is 92.3 Å². The molecule has 1 aliphatic rings. The highest BCUT2D eigenvalue weighted by Crippen LogP contribution is 2.12. The van der Waals surface area contributed by atoms with E-state index in [4.69, 9.17) is 0 Å². The van der Waals surface area contributed by atoms with Gasteiger partial charge in [0.05, 0.1) is 23.1 Å². The van der Waals surface area contributed by atoms with Crippen LogP contribution in [0.15, 0.2) is 17.7 Å². The molecule has 1 atom stereocenters. The van der Waals surface area contributed by atoms with Crippen LogP contribution in [0.3, 0.4) is 0 Å². The highest BCUT2D eigenvalue weighted by Gasteiger charge is 2.24. The van der Waals surface area contributed by atoms with E-state index in [0.29, 0.717) is 17.2 Å². The molecule has 1 amide bonds. The number of rotatable bonds is 3. The lowest BCUT2D eigenvalue weighted by Gasteiger charge is -2.14. The Morgan fingerprint density at radius 3 is 2.65 bits per heavy atom. The fourth-order valence-electron chi connectivity index (χ4n) is 1.81. The van der Waals surface area contributed by atoms with Crippen molar-refractivity contribution in [2.75, 3.05) is 24.7 Å². The van der Waals surface area contributed by atoms with Gasteiger partial charge in [0, 0.05) is 25.7 Å². The Hall–Kier alpha value is -1.96. The molecule has 1 aromatic heterocycles. The third kappa shape index (κ3) is 3.13. The molecule has 0 spiro atoms. The van der Waals surface area contributed by atoms with Gasteiger partial charge in [-0.2, -0.15) is 0 Å². The summed E-state index contributed by atoms with van der Waals surface area (Å²) in [4.78, 5) is 22.1. The molecular weight excluding hydrogens is 280 g/mol. The van der Waals surface area contributed by atoms with Gasteiger partial charge in [0.25, 0.3) is 5.91 Å². The van der Waals surface area contributed by atoms with Crippen LogP contribution in [-0.2, 0) is 9.84 Å². The fraction of sp³-hybridized carbons (Fsp3) is 0.417. The van der Waals surface area contributed by atoms with E-state index in [9.17, 15) is 13.2 Å². The summed E-state index contributed by atoms with van der Waals surface area (Å²) >= 11 is 0. The van der Waals surface area contributed by atoms with Crippen molar-refractivity contribution in [3.63, 3.8) is 0 Å². The number of hydrogen-bond acceptors (Lipinski definition) is 6. The van der Waals surface area contributed by atoms with E-state index in [2.05, 4.69) is 15.3 Å². The fourth-order valence-corrected chi connectivity index (χ4v) is 3.04. The third-order valence-electron chi connectivity index (χ3n) is 2.86. The molecule has 0 saturated heterocycles. The van der Waals surface area contributed by atoms with Crippen molar-refractivity contribution >= 4 is 21.7 Å². The van der Waals surface area contributed by atoms with Gasteiger partial charge >= 0.3 is 0 Å². The summed E-state index contributed by atoms with van der Waals surface area (Å²) in [5.74, 6) is 0.0379. The van der Waals surface area contributed by atoms with Gasteiger partial charge in [0.1, 0.15) is 0 Å². The zero-order valence-electron chi connectivity index (χ0n) is 11.5. The molecule has 2 heterocycles. The molecule has 0 unspecified atom stereocenters. The predicted octanol–water partition coefficient (Wildman–Crippen LogP) is -0.108. The highest BCUT2D eigenvalue weighted by atomic mass is 32.2. The SMILES string of the molecule is Cc1nc(N(C)C)ncc1C(=O)N[C@H]1C=CS(=O)(=O)C1. The lowest BCUT2D eigenvalue weighted by Crippen LogP contribution is -2.36. The van der Waals surface area contributed by atoms with Crippen molar-refractivity contribution in [2.24, 2.45) is 0 Å². The molecule has 0 fully saturated rings. The van der Waals surface area contributed by atoms with Crippen molar-refractivity contribution in [2.45, 2.75) is 13.0 Å². The van der Waals surface area contributed by atoms with Gasteiger partial charge in [0.15, 0.2) is 9.84 Å². The average Bonchev–Trinajstić information content (AvgIpc) is 2.68. The molecule has 0 aromatic carbocycles. The van der Waals surface area contributed by atoms with Crippen molar-refractivity contribution in [3.05, 3.63) is 28.9 Å². The number of carbonyl (C=O) groups is 1. The van der Waals surface area contributed by atoms with Crippen LogP contribution in [0.2, 0.25) is 0 Å². The van der Waals surface area contributed by atoms with E-state index >= 15 is 0 Å². The first-order chi connectivity index (χ1) is 9.28. The lowest BCUT2D eigenvalue weighted by molar-refractivity contribution is 0.0946. The van der Waals surface area contributed by atoms with Crippen LogP contribution < -0.4 is 10.2 Å².